The van der Waals surface area contributed by atoms with Gasteiger partial charge in [-0.2, -0.15) is 5.10 Å². The number of aryl methyl sites for hydroxylation is 1. The first kappa shape index (κ1) is 12.4. The summed E-state index contributed by atoms with van der Waals surface area (Å²) in [5.74, 6) is 0. The van der Waals surface area contributed by atoms with Crippen molar-refractivity contribution < 1.29 is 0 Å². The molecular weight excluding hydrogens is 234 g/mol. The Morgan fingerprint density at radius 2 is 1.89 bits per heavy atom. The zero-order chi connectivity index (χ0) is 13.1. The molecule has 0 atom stereocenters. The highest BCUT2D eigenvalue weighted by molar-refractivity contribution is 5.59. The summed E-state index contributed by atoms with van der Waals surface area (Å²) in [5, 5.41) is 4.82. The van der Waals surface area contributed by atoms with Gasteiger partial charge >= 0.3 is 0 Å². The van der Waals surface area contributed by atoms with Gasteiger partial charge in [0.1, 0.15) is 0 Å². The van der Waals surface area contributed by atoms with Gasteiger partial charge in [-0.25, -0.2) is 0 Å². The molecule has 3 nitrogen and oxygen atoms in total. The van der Waals surface area contributed by atoms with Crippen molar-refractivity contribution in [2.24, 2.45) is 0 Å². The smallest absolute Gasteiger partial charge is 0.0689 e. The van der Waals surface area contributed by atoms with Gasteiger partial charge in [-0.05, 0) is 37.5 Å². The van der Waals surface area contributed by atoms with Crippen LogP contribution in [0.2, 0.25) is 0 Å². The summed E-state index contributed by atoms with van der Waals surface area (Å²) >= 11 is 0. The lowest BCUT2D eigenvalue weighted by molar-refractivity contribution is 0.331. The van der Waals surface area contributed by atoms with Crippen LogP contribution in [-0.4, -0.2) is 14.8 Å². The van der Waals surface area contributed by atoms with Crippen molar-refractivity contribution in [3.63, 3.8) is 0 Å². The van der Waals surface area contributed by atoms with Crippen molar-refractivity contribution in [2.45, 2.75) is 51.5 Å². The summed E-state index contributed by atoms with van der Waals surface area (Å²) in [6.07, 6.45) is 11.3. The summed E-state index contributed by atoms with van der Waals surface area (Å²) in [6, 6.07) is 6.98. The van der Waals surface area contributed by atoms with E-state index in [9.17, 15) is 0 Å². The highest BCUT2D eigenvalue weighted by atomic mass is 15.3. The van der Waals surface area contributed by atoms with Crippen molar-refractivity contribution in [1.29, 1.82) is 0 Å². The first-order valence-corrected chi connectivity index (χ1v) is 7.37. The molecule has 3 heteroatoms. The van der Waals surface area contributed by atoms with Crippen LogP contribution in [0.25, 0.3) is 11.3 Å². The minimum atomic E-state index is 0.581. The zero-order valence-corrected chi connectivity index (χ0v) is 11.5. The maximum absolute atomic E-state index is 4.82. The zero-order valence-electron chi connectivity index (χ0n) is 11.5. The summed E-state index contributed by atoms with van der Waals surface area (Å²) in [6.45, 7) is 2.17. The molecule has 1 fully saturated rings. The van der Waals surface area contributed by atoms with Crippen LogP contribution in [0, 0.1) is 0 Å². The van der Waals surface area contributed by atoms with Gasteiger partial charge in [0.15, 0.2) is 0 Å². The third kappa shape index (κ3) is 2.55. The van der Waals surface area contributed by atoms with Gasteiger partial charge in [0, 0.05) is 18.0 Å². The molecule has 0 spiro atoms. The number of pyridine rings is 1. The lowest BCUT2D eigenvalue weighted by Crippen LogP contribution is -2.15. The molecule has 2 heterocycles. The van der Waals surface area contributed by atoms with Gasteiger partial charge in [-0.3, -0.25) is 9.67 Å². The molecule has 1 aliphatic rings. The molecule has 100 valence electrons. The number of aromatic nitrogens is 3. The topological polar surface area (TPSA) is 30.7 Å². The van der Waals surface area contributed by atoms with Gasteiger partial charge < -0.3 is 0 Å². The second-order valence-electron chi connectivity index (χ2n) is 5.35. The Balaban J connectivity index is 2.00. The van der Waals surface area contributed by atoms with Crippen molar-refractivity contribution in [1.82, 2.24) is 14.8 Å². The molecule has 0 aromatic carbocycles. The fourth-order valence-electron chi connectivity index (χ4n) is 2.96. The number of nitrogens with zero attached hydrogens (tertiary/aromatic N) is 3. The molecule has 0 radical (unpaired) electrons. The fourth-order valence-corrected chi connectivity index (χ4v) is 2.96. The molecule has 3 rings (SSSR count). The van der Waals surface area contributed by atoms with Gasteiger partial charge in [-0.1, -0.05) is 26.2 Å². The van der Waals surface area contributed by atoms with Crippen LogP contribution in [0.4, 0.5) is 0 Å². The van der Waals surface area contributed by atoms with E-state index in [2.05, 4.69) is 34.8 Å². The molecule has 2 aromatic heterocycles. The van der Waals surface area contributed by atoms with Crippen molar-refractivity contribution in [2.75, 3.05) is 0 Å². The molecule has 19 heavy (non-hydrogen) atoms. The minimum absolute atomic E-state index is 0.581. The summed E-state index contributed by atoms with van der Waals surface area (Å²) in [7, 11) is 0. The third-order valence-corrected chi connectivity index (χ3v) is 4.05. The lowest BCUT2D eigenvalue weighted by atomic mass is 9.95. The fraction of sp³-hybridized carbons (Fsp3) is 0.500. The normalized spacial score (nSPS) is 16.7. The molecule has 0 saturated heterocycles. The minimum Gasteiger partial charge on any atom is -0.265 e. The predicted molar refractivity (Wildman–Crippen MR) is 77.0 cm³/mol. The Morgan fingerprint density at radius 3 is 2.58 bits per heavy atom. The van der Waals surface area contributed by atoms with E-state index in [0.29, 0.717) is 6.04 Å². The summed E-state index contributed by atoms with van der Waals surface area (Å²) < 4.78 is 2.27. The summed E-state index contributed by atoms with van der Waals surface area (Å²) in [4.78, 5) is 4.11. The SMILES string of the molecule is CCc1cc(-c2ccncc2)n(C2CCCCC2)n1. The Kier molecular flexibility index (Phi) is 3.62. The quantitative estimate of drug-likeness (QED) is 0.829. The molecule has 2 aromatic rings. The standard InChI is InChI=1S/C16H21N3/c1-2-14-12-16(13-8-10-17-11-9-13)19(18-14)15-6-4-3-5-7-15/h8-12,15H,2-7H2,1H3. The van der Waals surface area contributed by atoms with Crippen LogP contribution in [0.5, 0.6) is 0 Å². The Hall–Kier alpha value is -1.64. The van der Waals surface area contributed by atoms with Crippen LogP contribution in [0.1, 0.15) is 50.8 Å². The Bertz CT molecular complexity index is 524. The molecule has 0 N–H and O–H groups in total. The van der Waals surface area contributed by atoms with E-state index in [1.807, 2.05) is 12.4 Å². The van der Waals surface area contributed by atoms with E-state index in [1.54, 1.807) is 0 Å². The number of hydrogen-bond donors (Lipinski definition) is 0. The monoisotopic (exact) mass is 255 g/mol. The van der Waals surface area contributed by atoms with E-state index < -0.39 is 0 Å². The van der Waals surface area contributed by atoms with E-state index in [4.69, 9.17) is 5.10 Å². The van der Waals surface area contributed by atoms with E-state index in [0.717, 1.165) is 6.42 Å². The van der Waals surface area contributed by atoms with Crippen molar-refractivity contribution in [3.05, 3.63) is 36.3 Å². The highest BCUT2D eigenvalue weighted by Gasteiger charge is 2.20. The second kappa shape index (κ2) is 5.55. The van der Waals surface area contributed by atoms with Crippen LogP contribution in [0.3, 0.4) is 0 Å². The molecule has 0 aliphatic heterocycles. The highest BCUT2D eigenvalue weighted by Crippen LogP contribution is 2.32. The molecular formula is C16H21N3. The first-order chi connectivity index (χ1) is 9.38. The van der Waals surface area contributed by atoms with Gasteiger partial charge in [0.05, 0.1) is 17.4 Å². The third-order valence-electron chi connectivity index (χ3n) is 4.05. The van der Waals surface area contributed by atoms with Gasteiger partial charge in [-0.15, -0.1) is 0 Å². The van der Waals surface area contributed by atoms with Crippen molar-refractivity contribution >= 4 is 0 Å². The molecule has 0 amide bonds. The maximum Gasteiger partial charge on any atom is 0.0689 e. The second-order valence-corrected chi connectivity index (χ2v) is 5.35. The van der Waals surface area contributed by atoms with Crippen LogP contribution < -0.4 is 0 Å². The van der Waals surface area contributed by atoms with E-state index >= 15 is 0 Å². The van der Waals surface area contributed by atoms with Crippen LogP contribution in [-0.2, 0) is 6.42 Å². The van der Waals surface area contributed by atoms with Gasteiger partial charge in [0.25, 0.3) is 0 Å². The number of rotatable bonds is 3. The molecule has 1 saturated carbocycles. The maximum atomic E-state index is 4.82. The molecule has 0 unspecified atom stereocenters. The Morgan fingerprint density at radius 1 is 1.16 bits per heavy atom. The Labute approximate surface area is 114 Å². The largest absolute Gasteiger partial charge is 0.265 e. The van der Waals surface area contributed by atoms with E-state index in [1.165, 1.54) is 49.1 Å². The van der Waals surface area contributed by atoms with Gasteiger partial charge in [0.2, 0.25) is 0 Å². The first-order valence-electron chi connectivity index (χ1n) is 7.37. The average molecular weight is 255 g/mol. The van der Waals surface area contributed by atoms with E-state index in [-0.39, 0.29) is 0 Å². The van der Waals surface area contributed by atoms with Crippen LogP contribution >= 0.6 is 0 Å². The summed E-state index contributed by atoms with van der Waals surface area (Å²) in [5.41, 5.74) is 3.68. The average Bonchev–Trinajstić information content (AvgIpc) is 2.93. The number of hydrogen-bond acceptors (Lipinski definition) is 2. The predicted octanol–water partition coefficient (Wildman–Crippen LogP) is 4.01. The van der Waals surface area contributed by atoms with Crippen LogP contribution in [0.15, 0.2) is 30.6 Å². The van der Waals surface area contributed by atoms with Crippen molar-refractivity contribution in [3.8, 4) is 11.3 Å². The lowest BCUT2D eigenvalue weighted by Gasteiger charge is -2.24. The molecule has 0 bridgehead atoms. The molecule has 1 aliphatic carbocycles.